The molecule has 40 heavy (non-hydrogen) atoms. The number of fused-ring (bicyclic) bond motifs is 3. The Morgan fingerprint density at radius 2 is 1.88 bits per heavy atom. The lowest BCUT2D eigenvalue weighted by molar-refractivity contribution is -0.125. The first-order valence-electron chi connectivity index (χ1n) is 13.4. The standard InChI is InChI=1S/C30H31N5O3S2/c1-3-19-11-13-20(14-12-19)32-28(37)25(4-2)40-30-34-23-10-6-5-9-22(23)27-33-24(29(38)35(27)30)15-16-26(36)31-18-21-8-7-17-39-21/h5-14,17,24-25H,3-4,15-16,18H2,1-2H3,(H,31,36)(H,32,37)/t24-,25-/m0/s1. The Kier molecular flexibility index (Phi) is 8.76. The smallest absolute Gasteiger partial charge is 0.259 e. The summed E-state index contributed by atoms with van der Waals surface area (Å²) in [6.45, 7) is 4.50. The summed E-state index contributed by atoms with van der Waals surface area (Å²) in [4.78, 5) is 51.4. The lowest BCUT2D eigenvalue weighted by Crippen LogP contribution is -2.42. The van der Waals surface area contributed by atoms with E-state index >= 15 is 0 Å². The van der Waals surface area contributed by atoms with Crippen LogP contribution in [0.15, 0.2) is 76.0 Å². The van der Waals surface area contributed by atoms with Gasteiger partial charge in [-0.3, -0.25) is 19.4 Å². The van der Waals surface area contributed by atoms with Gasteiger partial charge in [-0.15, -0.1) is 11.3 Å². The van der Waals surface area contributed by atoms with Gasteiger partial charge < -0.3 is 10.6 Å². The van der Waals surface area contributed by atoms with E-state index in [9.17, 15) is 14.4 Å². The van der Waals surface area contributed by atoms with Crippen LogP contribution in [0.3, 0.4) is 0 Å². The molecule has 3 amide bonds. The van der Waals surface area contributed by atoms with Crippen LogP contribution in [0.5, 0.6) is 0 Å². The lowest BCUT2D eigenvalue weighted by Gasteiger charge is -2.27. The Labute approximate surface area is 242 Å². The van der Waals surface area contributed by atoms with Crippen LogP contribution in [0.2, 0.25) is 0 Å². The molecule has 0 saturated carbocycles. The predicted octanol–water partition coefficient (Wildman–Crippen LogP) is 5.52. The van der Waals surface area contributed by atoms with Crippen LogP contribution in [0.25, 0.3) is 0 Å². The molecule has 5 rings (SSSR count). The minimum absolute atomic E-state index is 0.121. The molecule has 3 aromatic rings. The van der Waals surface area contributed by atoms with Crippen molar-refractivity contribution in [3.8, 4) is 0 Å². The van der Waals surface area contributed by atoms with E-state index in [4.69, 9.17) is 9.98 Å². The summed E-state index contributed by atoms with van der Waals surface area (Å²) in [5.41, 5.74) is 3.39. The third kappa shape index (κ3) is 6.18. The van der Waals surface area contributed by atoms with E-state index in [2.05, 4.69) is 17.6 Å². The Hall–Kier alpha value is -3.76. The topological polar surface area (TPSA) is 103 Å². The van der Waals surface area contributed by atoms with Crippen LogP contribution in [0, 0.1) is 0 Å². The number of nitrogens with zero attached hydrogens (tertiary/aromatic N) is 3. The van der Waals surface area contributed by atoms with Crippen molar-refractivity contribution in [1.82, 2.24) is 10.2 Å². The molecule has 0 unspecified atom stereocenters. The molecule has 0 fully saturated rings. The maximum atomic E-state index is 13.6. The van der Waals surface area contributed by atoms with Crippen LogP contribution < -0.4 is 10.6 Å². The van der Waals surface area contributed by atoms with E-state index in [1.807, 2.05) is 73.0 Å². The highest BCUT2D eigenvalue weighted by Crippen LogP contribution is 2.36. The molecule has 8 nitrogen and oxygen atoms in total. The molecule has 1 aromatic heterocycles. The Bertz CT molecular complexity index is 1450. The first-order chi connectivity index (χ1) is 19.5. The molecule has 3 heterocycles. The summed E-state index contributed by atoms with van der Waals surface area (Å²) in [5.74, 6) is 0.0202. The van der Waals surface area contributed by atoms with Crippen LogP contribution in [0.1, 0.15) is 49.1 Å². The van der Waals surface area contributed by atoms with Crippen molar-refractivity contribution < 1.29 is 14.4 Å². The second-order valence-electron chi connectivity index (χ2n) is 9.50. The molecular formula is C30H31N5O3S2. The monoisotopic (exact) mass is 573 g/mol. The molecule has 2 atom stereocenters. The van der Waals surface area contributed by atoms with Crippen LogP contribution >= 0.6 is 23.1 Å². The van der Waals surface area contributed by atoms with Crippen molar-refractivity contribution in [2.24, 2.45) is 9.98 Å². The lowest BCUT2D eigenvalue weighted by atomic mass is 10.1. The molecule has 0 saturated heterocycles. The molecule has 2 aliphatic heterocycles. The van der Waals surface area contributed by atoms with E-state index in [1.165, 1.54) is 22.2 Å². The number of amides is 3. The fourth-order valence-corrected chi connectivity index (χ4v) is 6.18. The number of aryl methyl sites for hydroxylation is 1. The van der Waals surface area contributed by atoms with Gasteiger partial charge in [0.15, 0.2) is 5.17 Å². The molecule has 2 aliphatic rings. The number of para-hydroxylation sites is 1. The van der Waals surface area contributed by atoms with Crippen molar-refractivity contribution in [1.29, 1.82) is 0 Å². The average Bonchev–Trinajstić information content (AvgIpc) is 3.62. The molecule has 0 bridgehead atoms. The maximum Gasteiger partial charge on any atom is 0.259 e. The number of rotatable bonds is 10. The number of benzene rings is 2. The number of thioether (sulfide) groups is 1. The van der Waals surface area contributed by atoms with Crippen LogP contribution in [-0.4, -0.2) is 44.9 Å². The number of anilines is 1. The molecule has 2 aromatic carbocycles. The van der Waals surface area contributed by atoms with Crippen LogP contribution in [0.4, 0.5) is 11.4 Å². The van der Waals surface area contributed by atoms with Gasteiger partial charge in [0, 0.05) is 22.5 Å². The molecular weight excluding hydrogens is 542 g/mol. The first kappa shape index (κ1) is 27.8. The quantitative estimate of drug-likeness (QED) is 0.334. The number of carbonyl (C=O) groups is 3. The van der Waals surface area contributed by atoms with Crippen molar-refractivity contribution in [3.63, 3.8) is 0 Å². The normalized spacial score (nSPS) is 16.5. The van der Waals surface area contributed by atoms with Gasteiger partial charge in [0.2, 0.25) is 11.8 Å². The average molecular weight is 574 g/mol. The summed E-state index contributed by atoms with van der Waals surface area (Å²) >= 11 is 2.85. The summed E-state index contributed by atoms with van der Waals surface area (Å²) in [5, 5.41) is 7.83. The Balaban J connectivity index is 1.29. The van der Waals surface area contributed by atoms with Crippen molar-refractivity contribution in [2.75, 3.05) is 5.32 Å². The largest absolute Gasteiger partial charge is 0.351 e. The second-order valence-corrected chi connectivity index (χ2v) is 11.7. The number of hydrogen-bond acceptors (Lipinski definition) is 7. The zero-order valence-corrected chi connectivity index (χ0v) is 24.1. The van der Waals surface area contributed by atoms with Gasteiger partial charge in [-0.2, -0.15) is 0 Å². The van der Waals surface area contributed by atoms with Gasteiger partial charge in [0.05, 0.1) is 17.5 Å². The van der Waals surface area contributed by atoms with Gasteiger partial charge in [0.1, 0.15) is 11.9 Å². The van der Waals surface area contributed by atoms with Gasteiger partial charge >= 0.3 is 0 Å². The number of carbonyl (C=O) groups excluding carboxylic acids is 3. The third-order valence-corrected chi connectivity index (χ3v) is 8.97. The van der Waals surface area contributed by atoms with E-state index in [1.54, 1.807) is 11.3 Å². The molecule has 0 radical (unpaired) electrons. The number of nitrogens with one attached hydrogen (secondary N) is 2. The van der Waals surface area contributed by atoms with Crippen molar-refractivity contribution in [2.45, 2.75) is 57.4 Å². The van der Waals surface area contributed by atoms with Crippen LogP contribution in [-0.2, 0) is 27.3 Å². The van der Waals surface area contributed by atoms with Gasteiger partial charge in [-0.1, -0.05) is 55.9 Å². The summed E-state index contributed by atoms with van der Waals surface area (Å²) in [6.07, 6.45) is 1.95. The second kappa shape index (κ2) is 12.6. The van der Waals surface area contributed by atoms with Gasteiger partial charge in [0.25, 0.3) is 5.91 Å². The van der Waals surface area contributed by atoms with Crippen molar-refractivity contribution in [3.05, 3.63) is 82.0 Å². The number of aliphatic imine (C=N–C) groups is 2. The van der Waals surface area contributed by atoms with Crippen molar-refractivity contribution >= 4 is 63.2 Å². The predicted molar refractivity (Wildman–Crippen MR) is 162 cm³/mol. The van der Waals surface area contributed by atoms with E-state index < -0.39 is 11.3 Å². The summed E-state index contributed by atoms with van der Waals surface area (Å²) < 4.78 is 0. The Morgan fingerprint density at radius 3 is 2.60 bits per heavy atom. The first-order valence-corrected chi connectivity index (χ1v) is 15.2. The minimum Gasteiger partial charge on any atom is -0.351 e. The molecule has 0 aliphatic carbocycles. The molecule has 0 spiro atoms. The molecule has 206 valence electrons. The molecule has 2 N–H and O–H groups in total. The fraction of sp³-hybridized carbons (Fsp3) is 0.300. The zero-order chi connectivity index (χ0) is 28.1. The highest BCUT2D eigenvalue weighted by Gasteiger charge is 2.42. The Morgan fingerprint density at radius 1 is 1.07 bits per heavy atom. The minimum atomic E-state index is -0.689. The highest BCUT2D eigenvalue weighted by atomic mass is 32.2. The fourth-order valence-electron chi connectivity index (χ4n) is 4.52. The number of amidine groups is 2. The number of thiophene rings is 1. The SMILES string of the molecule is CCc1ccc(NC(=O)[C@H](CC)SC2=Nc3ccccc3C3=N[C@@H](CCC(=O)NCc4cccs4)C(=O)N23)cc1. The van der Waals surface area contributed by atoms with E-state index in [0.29, 0.717) is 36.1 Å². The third-order valence-electron chi connectivity index (χ3n) is 6.77. The summed E-state index contributed by atoms with van der Waals surface area (Å²) in [6, 6.07) is 18.6. The maximum absolute atomic E-state index is 13.6. The zero-order valence-electron chi connectivity index (χ0n) is 22.4. The number of hydrogen-bond donors (Lipinski definition) is 2. The molecule has 10 heteroatoms. The van der Waals surface area contributed by atoms with E-state index in [0.717, 1.165) is 22.5 Å². The highest BCUT2D eigenvalue weighted by molar-refractivity contribution is 8.15. The van der Waals surface area contributed by atoms with Gasteiger partial charge in [-0.05, 0) is 60.5 Å². The van der Waals surface area contributed by atoms with E-state index in [-0.39, 0.29) is 24.1 Å². The summed E-state index contributed by atoms with van der Waals surface area (Å²) in [7, 11) is 0. The van der Waals surface area contributed by atoms with Gasteiger partial charge in [-0.25, -0.2) is 9.89 Å².